The van der Waals surface area contributed by atoms with Gasteiger partial charge < -0.3 is 10.1 Å². The number of aromatic nitrogens is 3. The van der Waals surface area contributed by atoms with Crippen molar-refractivity contribution in [2.75, 3.05) is 0 Å². The maximum absolute atomic E-state index is 12.9. The normalized spacial score (nSPS) is 10.6. The molecule has 0 bridgehead atoms. The highest BCUT2D eigenvalue weighted by Crippen LogP contribution is 2.25. The Hall–Kier alpha value is -3.93. The number of carbonyl (C=O) groups excluding carboxylic acids is 1. The van der Waals surface area contributed by atoms with E-state index in [1.54, 1.807) is 17.1 Å². The molecule has 0 unspecified atom stereocenters. The van der Waals surface area contributed by atoms with Crippen LogP contribution >= 0.6 is 0 Å². The topological polar surface area (TPSA) is 69.0 Å². The van der Waals surface area contributed by atoms with Crippen molar-refractivity contribution in [2.24, 2.45) is 0 Å². The Kier molecular flexibility index (Phi) is 5.85. The van der Waals surface area contributed by atoms with Crippen LogP contribution in [0.15, 0.2) is 85.2 Å². The lowest BCUT2D eigenvalue weighted by molar-refractivity contribution is 0.0950. The third-order valence-corrected chi connectivity index (χ3v) is 4.70. The number of ether oxygens (including phenoxy) is 1. The van der Waals surface area contributed by atoms with Crippen LogP contribution in [0, 0.1) is 0 Å². The first kappa shape index (κ1) is 19.4. The first-order valence-corrected chi connectivity index (χ1v) is 9.83. The third-order valence-electron chi connectivity index (χ3n) is 4.70. The van der Waals surface area contributed by atoms with Crippen LogP contribution in [0.5, 0.6) is 11.5 Å². The monoisotopic (exact) mass is 398 g/mol. The number of carbonyl (C=O) groups is 1. The molecule has 0 atom stereocenters. The highest BCUT2D eigenvalue weighted by atomic mass is 16.5. The van der Waals surface area contributed by atoms with Gasteiger partial charge in [0.2, 0.25) is 0 Å². The highest BCUT2D eigenvalue weighted by molar-refractivity contribution is 5.95. The second-order valence-corrected chi connectivity index (χ2v) is 6.66. The van der Waals surface area contributed by atoms with Crippen molar-refractivity contribution in [2.45, 2.75) is 19.9 Å². The fourth-order valence-corrected chi connectivity index (χ4v) is 3.22. The minimum Gasteiger partial charge on any atom is -0.457 e. The highest BCUT2D eigenvalue weighted by Gasteiger charge is 2.18. The van der Waals surface area contributed by atoms with E-state index in [9.17, 15) is 4.79 Å². The number of hydrogen-bond donors (Lipinski definition) is 1. The molecule has 0 saturated heterocycles. The fourth-order valence-electron chi connectivity index (χ4n) is 3.22. The van der Waals surface area contributed by atoms with Gasteiger partial charge in [-0.1, -0.05) is 49.4 Å². The van der Waals surface area contributed by atoms with Crippen LogP contribution < -0.4 is 10.1 Å². The molecule has 0 aliphatic carbocycles. The van der Waals surface area contributed by atoms with Gasteiger partial charge in [0, 0.05) is 18.3 Å². The van der Waals surface area contributed by atoms with Crippen LogP contribution in [0.2, 0.25) is 0 Å². The lowest BCUT2D eigenvalue weighted by Gasteiger charge is -2.12. The van der Waals surface area contributed by atoms with Gasteiger partial charge in [0.05, 0.1) is 17.5 Å². The molecular formula is C24H22N4O2. The zero-order chi connectivity index (χ0) is 20.8. The van der Waals surface area contributed by atoms with E-state index in [4.69, 9.17) is 4.74 Å². The minimum absolute atomic E-state index is 0.177. The first-order valence-electron chi connectivity index (χ1n) is 9.83. The number of pyridine rings is 1. The van der Waals surface area contributed by atoms with Gasteiger partial charge in [-0.3, -0.25) is 4.79 Å². The molecule has 0 saturated carbocycles. The smallest absolute Gasteiger partial charge is 0.255 e. The van der Waals surface area contributed by atoms with E-state index >= 15 is 0 Å². The van der Waals surface area contributed by atoms with Gasteiger partial charge in [-0.15, -0.1) is 0 Å². The van der Waals surface area contributed by atoms with Gasteiger partial charge in [-0.05, 0) is 36.8 Å². The predicted octanol–water partition coefficient (Wildman–Crippen LogP) is 4.55. The maximum Gasteiger partial charge on any atom is 0.255 e. The maximum atomic E-state index is 12.9. The molecule has 6 heteroatoms. The largest absolute Gasteiger partial charge is 0.457 e. The van der Waals surface area contributed by atoms with Crippen molar-refractivity contribution in [3.8, 4) is 17.3 Å². The Morgan fingerprint density at radius 2 is 1.77 bits per heavy atom. The van der Waals surface area contributed by atoms with E-state index in [2.05, 4.69) is 15.4 Å². The Labute approximate surface area is 175 Å². The predicted molar refractivity (Wildman–Crippen MR) is 115 cm³/mol. The van der Waals surface area contributed by atoms with Crippen molar-refractivity contribution >= 4 is 5.91 Å². The Morgan fingerprint density at radius 1 is 1.00 bits per heavy atom. The molecule has 0 fully saturated rings. The van der Waals surface area contributed by atoms with Crippen molar-refractivity contribution in [1.82, 2.24) is 20.1 Å². The second-order valence-electron chi connectivity index (χ2n) is 6.66. The molecule has 1 amide bonds. The molecule has 6 nitrogen and oxygen atoms in total. The van der Waals surface area contributed by atoms with E-state index in [1.807, 2.05) is 79.7 Å². The van der Waals surface area contributed by atoms with Crippen LogP contribution in [0.1, 0.15) is 28.5 Å². The summed E-state index contributed by atoms with van der Waals surface area (Å²) >= 11 is 0. The molecule has 4 aromatic rings. The average Bonchev–Trinajstić information content (AvgIpc) is 3.24. The molecule has 150 valence electrons. The van der Waals surface area contributed by atoms with Crippen molar-refractivity contribution in [1.29, 1.82) is 0 Å². The van der Waals surface area contributed by atoms with Crippen molar-refractivity contribution in [3.05, 3.63) is 102 Å². The quantitative estimate of drug-likeness (QED) is 0.496. The number of para-hydroxylation sites is 2. The summed E-state index contributed by atoms with van der Waals surface area (Å²) in [6.45, 7) is 2.34. The molecule has 0 spiro atoms. The molecule has 2 aromatic heterocycles. The number of benzene rings is 2. The molecular weight excluding hydrogens is 376 g/mol. The summed E-state index contributed by atoms with van der Waals surface area (Å²) in [7, 11) is 0. The summed E-state index contributed by atoms with van der Waals surface area (Å²) in [5.41, 5.74) is 2.26. The Morgan fingerprint density at radius 3 is 2.53 bits per heavy atom. The fraction of sp³-hybridized carbons (Fsp3) is 0.125. The molecule has 0 aliphatic heterocycles. The second kappa shape index (κ2) is 9.05. The summed E-state index contributed by atoms with van der Waals surface area (Å²) < 4.78 is 7.69. The summed E-state index contributed by atoms with van der Waals surface area (Å²) in [6.07, 6.45) is 3.96. The summed E-state index contributed by atoms with van der Waals surface area (Å²) in [4.78, 5) is 17.2. The number of hydrogen-bond acceptors (Lipinski definition) is 4. The van der Waals surface area contributed by atoms with Gasteiger partial charge >= 0.3 is 0 Å². The van der Waals surface area contributed by atoms with Gasteiger partial charge in [-0.25, -0.2) is 9.67 Å². The van der Waals surface area contributed by atoms with E-state index in [-0.39, 0.29) is 5.91 Å². The van der Waals surface area contributed by atoms with E-state index in [0.29, 0.717) is 30.1 Å². The van der Waals surface area contributed by atoms with Crippen molar-refractivity contribution < 1.29 is 9.53 Å². The number of amides is 1. The van der Waals surface area contributed by atoms with E-state index in [0.717, 1.165) is 17.0 Å². The van der Waals surface area contributed by atoms with Gasteiger partial charge in [0.25, 0.3) is 5.91 Å². The number of nitrogens with one attached hydrogen (secondary N) is 1. The average molecular weight is 398 g/mol. The zero-order valence-corrected chi connectivity index (χ0v) is 16.7. The molecule has 2 heterocycles. The van der Waals surface area contributed by atoms with Crippen LogP contribution in [0.25, 0.3) is 5.82 Å². The van der Waals surface area contributed by atoms with Crippen LogP contribution in [0.3, 0.4) is 0 Å². The van der Waals surface area contributed by atoms with Gasteiger partial charge in [0.15, 0.2) is 5.82 Å². The molecule has 2 aromatic carbocycles. The summed E-state index contributed by atoms with van der Waals surface area (Å²) in [5, 5.41) is 7.36. The SMILES string of the molecule is CCc1c(C(=O)NCc2ccccc2Oc2ccccc2)cnn1-c1ccccn1. The lowest BCUT2D eigenvalue weighted by Crippen LogP contribution is -2.24. The Balaban J connectivity index is 1.50. The van der Waals surface area contributed by atoms with Crippen LogP contribution in [0.4, 0.5) is 0 Å². The molecule has 0 aliphatic rings. The molecule has 1 N–H and O–H groups in total. The Bertz CT molecular complexity index is 1120. The zero-order valence-electron chi connectivity index (χ0n) is 16.7. The standard InChI is InChI=1S/C24H22N4O2/c1-2-21-20(17-27-28(21)23-14-8-9-15-25-23)24(29)26-16-18-10-6-7-13-22(18)30-19-11-4-3-5-12-19/h3-15,17H,2,16H2,1H3,(H,26,29). The molecule has 0 radical (unpaired) electrons. The van der Waals surface area contributed by atoms with Crippen molar-refractivity contribution in [3.63, 3.8) is 0 Å². The molecule has 30 heavy (non-hydrogen) atoms. The molecule has 4 rings (SSSR count). The number of nitrogens with zero attached hydrogens (tertiary/aromatic N) is 3. The summed E-state index contributed by atoms with van der Waals surface area (Å²) in [6, 6.07) is 22.9. The lowest BCUT2D eigenvalue weighted by atomic mass is 10.1. The van der Waals surface area contributed by atoms with Crippen LogP contribution in [-0.2, 0) is 13.0 Å². The number of rotatable bonds is 7. The minimum atomic E-state index is -0.177. The van der Waals surface area contributed by atoms with E-state index in [1.165, 1.54) is 0 Å². The van der Waals surface area contributed by atoms with Gasteiger partial charge in [0.1, 0.15) is 11.5 Å². The van der Waals surface area contributed by atoms with E-state index < -0.39 is 0 Å². The first-order chi connectivity index (χ1) is 14.8. The summed E-state index contributed by atoms with van der Waals surface area (Å²) in [5.74, 6) is 1.98. The van der Waals surface area contributed by atoms with Gasteiger partial charge in [-0.2, -0.15) is 5.10 Å². The third kappa shape index (κ3) is 4.22. The van der Waals surface area contributed by atoms with Crippen LogP contribution in [-0.4, -0.2) is 20.7 Å².